The van der Waals surface area contributed by atoms with E-state index in [1.54, 1.807) is 18.9 Å². The maximum absolute atomic E-state index is 5.97. The van der Waals surface area contributed by atoms with E-state index in [0.717, 1.165) is 33.3 Å². The van der Waals surface area contributed by atoms with Crippen LogP contribution in [0.1, 0.15) is 24.4 Å². The second kappa shape index (κ2) is 8.47. The number of ether oxygens (including phenoxy) is 2. The first kappa shape index (κ1) is 18.6. The van der Waals surface area contributed by atoms with Crippen molar-refractivity contribution in [2.45, 2.75) is 23.9 Å². The Morgan fingerprint density at radius 2 is 1.69 bits per heavy atom. The van der Waals surface area contributed by atoms with Crippen LogP contribution in [-0.2, 0) is 12.8 Å². The molecule has 0 aliphatic rings. The van der Waals surface area contributed by atoms with Crippen molar-refractivity contribution in [2.24, 2.45) is 7.05 Å². The van der Waals surface area contributed by atoms with Crippen LogP contribution in [-0.4, -0.2) is 21.9 Å². The Morgan fingerprint density at radius 3 is 2.35 bits per heavy atom. The van der Waals surface area contributed by atoms with Gasteiger partial charge in [0.25, 0.3) is 0 Å². The highest BCUT2D eigenvalue weighted by molar-refractivity contribution is 7.98. The fourth-order valence-electron chi connectivity index (χ4n) is 2.45. The molecule has 1 heterocycles. The van der Waals surface area contributed by atoms with Gasteiger partial charge in [-0.1, -0.05) is 35.5 Å². The van der Waals surface area contributed by atoms with Crippen LogP contribution >= 0.6 is 23.4 Å². The Hall–Kier alpha value is -2.18. The van der Waals surface area contributed by atoms with Crippen LogP contribution in [0, 0.1) is 0 Å². The van der Waals surface area contributed by atoms with E-state index in [0.29, 0.717) is 0 Å². The molecule has 26 heavy (non-hydrogen) atoms. The number of benzene rings is 2. The summed E-state index contributed by atoms with van der Waals surface area (Å²) in [6.45, 7) is 1.96. The molecule has 0 bridgehead atoms. The number of aromatic nitrogens is 3. The molecule has 1 aromatic heterocycles. The average Bonchev–Trinajstić information content (AvgIpc) is 3.02. The van der Waals surface area contributed by atoms with Crippen LogP contribution in [0.4, 0.5) is 0 Å². The van der Waals surface area contributed by atoms with Crippen molar-refractivity contribution in [2.75, 3.05) is 7.11 Å². The summed E-state index contributed by atoms with van der Waals surface area (Å²) in [4.78, 5) is 0. The minimum Gasteiger partial charge on any atom is -0.497 e. The van der Waals surface area contributed by atoms with Gasteiger partial charge in [-0.15, -0.1) is 10.2 Å². The molecule has 0 amide bonds. The lowest BCUT2D eigenvalue weighted by atomic mass is 10.2. The predicted octanol–water partition coefficient (Wildman–Crippen LogP) is 4.91. The summed E-state index contributed by atoms with van der Waals surface area (Å²) < 4.78 is 13.1. The lowest BCUT2D eigenvalue weighted by Gasteiger charge is -2.14. The number of nitrogens with zero attached hydrogens (tertiary/aromatic N) is 3. The number of hydrogen-bond acceptors (Lipinski definition) is 5. The average molecular weight is 390 g/mol. The summed E-state index contributed by atoms with van der Waals surface area (Å²) in [5, 5.41) is 10.2. The van der Waals surface area contributed by atoms with Gasteiger partial charge in [0.2, 0.25) is 0 Å². The Bertz CT molecular complexity index is 850. The van der Waals surface area contributed by atoms with Gasteiger partial charge in [0, 0.05) is 17.8 Å². The van der Waals surface area contributed by atoms with E-state index in [2.05, 4.69) is 10.2 Å². The Balaban J connectivity index is 1.64. The van der Waals surface area contributed by atoms with Crippen molar-refractivity contribution in [3.8, 4) is 11.5 Å². The monoisotopic (exact) mass is 389 g/mol. The van der Waals surface area contributed by atoms with E-state index >= 15 is 0 Å². The largest absolute Gasteiger partial charge is 0.497 e. The topological polar surface area (TPSA) is 49.2 Å². The Morgan fingerprint density at radius 1 is 1.04 bits per heavy atom. The number of hydrogen-bond donors (Lipinski definition) is 0. The normalized spacial score (nSPS) is 12.0. The molecule has 3 aromatic rings. The van der Waals surface area contributed by atoms with Crippen LogP contribution in [0.2, 0.25) is 5.02 Å². The van der Waals surface area contributed by atoms with Gasteiger partial charge >= 0.3 is 0 Å². The van der Waals surface area contributed by atoms with Crippen molar-refractivity contribution in [3.63, 3.8) is 0 Å². The number of methoxy groups -OCH3 is 1. The molecule has 0 fully saturated rings. The van der Waals surface area contributed by atoms with Gasteiger partial charge in [-0.05, 0) is 48.9 Å². The highest BCUT2D eigenvalue weighted by Crippen LogP contribution is 2.26. The smallest absolute Gasteiger partial charge is 0.191 e. The van der Waals surface area contributed by atoms with Crippen molar-refractivity contribution in [1.82, 2.24) is 14.8 Å². The van der Waals surface area contributed by atoms with E-state index in [4.69, 9.17) is 21.1 Å². The van der Waals surface area contributed by atoms with Gasteiger partial charge in [-0.3, -0.25) is 0 Å². The standard InChI is InChI=1S/C19H20ClN3O2S/c1-13(25-17-10-8-16(24-3)9-11-17)18-21-22-19(23(18)2)26-12-14-4-6-15(20)7-5-14/h4-11,13H,12H2,1-3H3. The van der Waals surface area contributed by atoms with Crippen LogP contribution in [0.5, 0.6) is 11.5 Å². The van der Waals surface area contributed by atoms with Crippen LogP contribution in [0.15, 0.2) is 53.7 Å². The predicted molar refractivity (Wildman–Crippen MR) is 104 cm³/mol. The summed E-state index contributed by atoms with van der Waals surface area (Å²) >= 11 is 7.55. The molecule has 136 valence electrons. The van der Waals surface area contributed by atoms with Gasteiger partial charge in [0.05, 0.1) is 7.11 Å². The summed E-state index contributed by atoms with van der Waals surface area (Å²) in [7, 11) is 3.59. The van der Waals surface area contributed by atoms with E-state index in [-0.39, 0.29) is 6.10 Å². The third-order valence-corrected chi connectivity index (χ3v) is 5.23. The highest BCUT2D eigenvalue weighted by Gasteiger charge is 2.17. The fourth-order valence-corrected chi connectivity index (χ4v) is 3.45. The first-order valence-corrected chi connectivity index (χ1v) is 9.50. The van der Waals surface area contributed by atoms with Gasteiger partial charge in [-0.2, -0.15) is 0 Å². The SMILES string of the molecule is COc1ccc(OC(C)c2nnc(SCc3ccc(Cl)cc3)n2C)cc1. The summed E-state index contributed by atoms with van der Waals surface area (Å²) in [6, 6.07) is 15.3. The third-order valence-electron chi connectivity index (χ3n) is 3.89. The zero-order valence-electron chi connectivity index (χ0n) is 14.8. The van der Waals surface area contributed by atoms with Crippen LogP contribution in [0.25, 0.3) is 0 Å². The number of rotatable bonds is 7. The summed E-state index contributed by atoms with van der Waals surface area (Å²) in [5.74, 6) is 3.14. The molecule has 0 saturated heterocycles. The van der Waals surface area contributed by atoms with Crippen LogP contribution in [0.3, 0.4) is 0 Å². The second-order valence-corrected chi connectivity index (χ2v) is 7.13. The van der Waals surface area contributed by atoms with Crippen molar-refractivity contribution in [3.05, 3.63) is 64.9 Å². The summed E-state index contributed by atoms with van der Waals surface area (Å²) in [5.41, 5.74) is 1.19. The maximum Gasteiger partial charge on any atom is 0.191 e. The zero-order chi connectivity index (χ0) is 18.5. The van der Waals surface area contributed by atoms with Crippen molar-refractivity contribution in [1.29, 1.82) is 0 Å². The molecule has 3 rings (SSSR count). The minimum atomic E-state index is -0.217. The number of thioether (sulfide) groups is 1. The Kier molecular flexibility index (Phi) is 6.06. The molecular weight excluding hydrogens is 370 g/mol. The molecule has 0 radical (unpaired) electrons. The lowest BCUT2D eigenvalue weighted by molar-refractivity contribution is 0.211. The van der Waals surface area contributed by atoms with Gasteiger partial charge in [0.1, 0.15) is 11.5 Å². The fraction of sp³-hybridized carbons (Fsp3) is 0.263. The van der Waals surface area contributed by atoms with Crippen molar-refractivity contribution >= 4 is 23.4 Å². The van der Waals surface area contributed by atoms with E-state index in [1.165, 1.54) is 5.56 Å². The molecule has 1 atom stereocenters. The van der Waals surface area contributed by atoms with E-state index in [1.807, 2.05) is 67.1 Å². The molecule has 0 N–H and O–H groups in total. The van der Waals surface area contributed by atoms with Crippen molar-refractivity contribution < 1.29 is 9.47 Å². The second-order valence-electron chi connectivity index (χ2n) is 5.75. The van der Waals surface area contributed by atoms with Gasteiger partial charge in [0.15, 0.2) is 17.1 Å². The molecule has 0 aliphatic heterocycles. The quantitative estimate of drug-likeness (QED) is 0.537. The molecule has 0 saturated carbocycles. The first-order valence-electron chi connectivity index (χ1n) is 8.14. The first-order chi connectivity index (χ1) is 12.6. The molecule has 7 heteroatoms. The maximum atomic E-state index is 5.97. The third kappa shape index (κ3) is 4.51. The van der Waals surface area contributed by atoms with Crippen LogP contribution < -0.4 is 9.47 Å². The van der Waals surface area contributed by atoms with Gasteiger partial charge < -0.3 is 14.0 Å². The highest BCUT2D eigenvalue weighted by atomic mass is 35.5. The number of halogens is 1. The molecule has 1 unspecified atom stereocenters. The van der Waals surface area contributed by atoms with E-state index in [9.17, 15) is 0 Å². The molecule has 0 aliphatic carbocycles. The molecule has 0 spiro atoms. The summed E-state index contributed by atoms with van der Waals surface area (Å²) in [6.07, 6.45) is -0.217. The van der Waals surface area contributed by atoms with Gasteiger partial charge in [-0.25, -0.2) is 0 Å². The zero-order valence-corrected chi connectivity index (χ0v) is 16.4. The molecule has 2 aromatic carbocycles. The molecule has 5 nitrogen and oxygen atoms in total. The van der Waals surface area contributed by atoms with E-state index < -0.39 is 0 Å². The minimum absolute atomic E-state index is 0.217. The molecular formula is C19H20ClN3O2S. The Labute approximate surface area is 162 Å². The lowest BCUT2D eigenvalue weighted by Crippen LogP contribution is -2.10.